The normalized spacial score (nSPS) is 14.3. The summed E-state index contributed by atoms with van der Waals surface area (Å²) in [5.74, 6) is 0.928. The molecule has 0 N–H and O–H groups in total. The van der Waals surface area contributed by atoms with E-state index in [2.05, 4.69) is 213 Å². The smallest absolute Gasteiger partial charge is 0.194 e. The van der Waals surface area contributed by atoms with Crippen molar-refractivity contribution in [3.8, 4) is 99.1 Å². The molecule has 12 nitrogen and oxygen atoms in total. The van der Waals surface area contributed by atoms with Crippen molar-refractivity contribution in [2.45, 2.75) is 252 Å². The number of hydrogen-bond acceptors (Lipinski definition) is 18. The molecule has 0 saturated heterocycles. The number of carbonyl (C=O) groups is 2. The Balaban J connectivity index is 0.979. The Morgan fingerprint density at radius 1 is 0.336 bits per heavy atom. The minimum absolute atomic E-state index is 0.0275. The maximum absolute atomic E-state index is 15.1. The summed E-state index contributed by atoms with van der Waals surface area (Å²) in [5.41, 5.74) is 13.7. The Labute approximate surface area is 832 Å². The highest BCUT2D eigenvalue weighted by atomic mass is 32.1. The summed E-state index contributed by atoms with van der Waals surface area (Å²) < 4.78 is 17.0. The van der Waals surface area contributed by atoms with Crippen LogP contribution in [0.3, 0.4) is 0 Å². The molecule has 6 heterocycles. The van der Waals surface area contributed by atoms with Gasteiger partial charge in [0.25, 0.3) is 0 Å². The molecule has 137 heavy (non-hydrogen) atoms. The predicted octanol–water partition coefficient (Wildman–Crippen LogP) is 33.0. The van der Waals surface area contributed by atoms with Crippen molar-refractivity contribution in [2.24, 2.45) is 11.8 Å². The van der Waals surface area contributed by atoms with Crippen LogP contribution in [0.25, 0.3) is 71.7 Å². The van der Waals surface area contributed by atoms with Gasteiger partial charge >= 0.3 is 0 Å². The number of carbonyl (C=O) groups excluding carboxylic acids is 2. The first-order valence-electron chi connectivity index (χ1n) is 49.5. The van der Waals surface area contributed by atoms with E-state index in [1.54, 1.807) is 34.8 Å². The molecule has 6 aromatic carbocycles. The van der Waals surface area contributed by atoms with Gasteiger partial charge in [-0.05, 0) is 203 Å². The lowest BCUT2D eigenvalue weighted by Gasteiger charge is -2.34. The Morgan fingerprint density at radius 3 is 0.942 bits per heavy atom. The average molecular weight is 1910 g/mol. The fraction of sp³-hybridized carbons (Fsp3) is 0.361. The Kier molecular flexibility index (Phi) is 31.6. The summed E-state index contributed by atoms with van der Waals surface area (Å²) in [6.07, 6.45) is 34.8. The van der Waals surface area contributed by atoms with Crippen LogP contribution >= 0.6 is 68.0 Å². The van der Waals surface area contributed by atoms with E-state index in [1.165, 1.54) is 131 Å². The summed E-state index contributed by atoms with van der Waals surface area (Å²) in [4.78, 5) is 40.1. The number of ketones is 2. The quantitative estimate of drug-likeness (QED) is 0.0197. The van der Waals surface area contributed by atoms with Gasteiger partial charge in [0.1, 0.15) is 71.2 Å². The molecule has 2 atom stereocenters. The van der Waals surface area contributed by atoms with E-state index in [4.69, 9.17) is 9.47 Å². The van der Waals surface area contributed by atoms with Crippen LogP contribution in [0.2, 0.25) is 0 Å². The number of thiophene rings is 6. The molecule has 0 saturated carbocycles. The Morgan fingerprint density at radius 2 is 0.642 bits per heavy atom. The lowest BCUT2D eigenvalue weighted by atomic mass is 9.67. The molecular formula is C119H114N8O4S6. The van der Waals surface area contributed by atoms with Crippen molar-refractivity contribution in [1.82, 2.24) is 0 Å². The Bertz CT molecular complexity index is 6770. The summed E-state index contributed by atoms with van der Waals surface area (Å²) >= 11 is 10.4. The molecule has 0 fully saturated rings. The number of rotatable bonds is 43. The highest BCUT2D eigenvalue weighted by Gasteiger charge is 2.56. The van der Waals surface area contributed by atoms with Crippen LogP contribution in [-0.4, -0.2) is 24.8 Å². The zero-order chi connectivity index (χ0) is 96.0. The number of nitrogens with zero attached hydrogens (tertiary/aromatic N) is 8. The SMILES string of the molecule is CCCCCCc1ccc(C2(c3ccc(CCCCCC)cc3)c3cc(-c4sc(/C=C5\C(=O)c6cc(C#N)c(C#N)cc6C5=C(C#N)C#N)cc4OCC(CC)CCCC)sc3-c3sc4c5c(sc4c32)-c2sc(-c3sc(/C=C4\C(=O)c6cc(C#N)c(C#N)cc6C4=C(C#N)C#N)cc3OCC(CC)CCCCC)cc2C5(c2ccc(CCCCCC)cc2)c2ccc(CCCCCC)cc2)cc1. The third kappa shape index (κ3) is 18.9. The van der Waals surface area contributed by atoms with Crippen molar-refractivity contribution < 1.29 is 19.1 Å². The predicted molar refractivity (Wildman–Crippen MR) is 563 cm³/mol. The molecule has 0 radical (unpaired) electrons. The van der Waals surface area contributed by atoms with E-state index in [9.17, 15) is 42.1 Å². The molecule has 0 aliphatic heterocycles. The third-order valence-electron chi connectivity index (χ3n) is 28.3. The number of nitriles is 8. The number of allylic oxidation sites excluding steroid dienone is 6. The third-order valence-corrected chi connectivity index (χ3v) is 36.0. The monoisotopic (exact) mass is 1910 g/mol. The second kappa shape index (κ2) is 44.4. The lowest BCUT2D eigenvalue weighted by Crippen LogP contribution is -2.29. The minimum atomic E-state index is -0.925. The van der Waals surface area contributed by atoms with Crippen LogP contribution in [0.4, 0.5) is 0 Å². The van der Waals surface area contributed by atoms with E-state index in [0.717, 1.165) is 218 Å². The van der Waals surface area contributed by atoms with Gasteiger partial charge in [-0.1, -0.05) is 274 Å². The summed E-state index contributed by atoms with van der Waals surface area (Å²) in [5, 5.41) is 84.0. The molecule has 2 unspecified atom stereocenters. The van der Waals surface area contributed by atoms with Gasteiger partial charge in [0, 0.05) is 64.1 Å². The van der Waals surface area contributed by atoms with Crippen LogP contribution in [0.1, 0.15) is 347 Å². The summed E-state index contributed by atoms with van der Waals surface area (Å²) in [6, 6.07) is 69.8. The average Bonchev–Trinajstić information content (AvgIpc) is 1.48. The molecular weight excluding hydrogens is 1800 g/mol. The van der Waals surface area contributed by atoms with Gasteiger partial charge in [0.2, 0.25) is 0 Å². The van der Waals surface area contributed by atoms with Crippen LogP contribution in [0.5, 0.6) is 11.5 Å². The van der Waals surface area contributed by atoms with Gasteiger partial charge in [0.05, 0.1) is 85.0 Å². The molecule has 18 heteroatoms. The van der Waals surface area contributed by atoms with Gasteiger partial charge in [-0.25, -0.2) is 0 Å². The van der Waals surface area contributed by atoms with Crippen molar-refractivity contribution in [3.63, 3.8) is 0 Å². The number of ether oxygens (including phenoxy) is 2. The summed E-state index contributed by atoms with van der Waals surface area (Å²) in [6.45, 7) is 18.9. The van der Waals surface area contributed by atoms with Gasteiger partial charge in [0.15, 0.2) is 11.6 Å². The largest absolute Gasteiger partial charge is 0.492 e. The fourth-order valence-electron chi connectivity index (χ4n) is 20.8. The van der Waals surface area contributed by atoms with Gasteiger partial charge in [-0.2, -0.15) is 42.1 Å². The second-order valence-corrected chi connectivity index (χ2v) is 43.4. The number of fused-ring (bicyclic) bond motifs is 11. The van der Waals surface area contributed by atoms with Crippen molar-refractivity contribution in [3.05, 3.63) is 289 Å². The number of aryl methyl sites for hydroxylation is 4. The first-order chi connectivity index (χ1) is 67.0. The van der Waals surface area contributed by atoms with E-state index < -0.39 is 22.4 Å². The standard InChI is InChI=1S/C119H114N8O4S6/c1-9-17-23-28-34-76-38-46-86(47-39-76)118(87-48-40-77(41-49-87)35-29-24-18-10-2)98-62-102(112-100(130-72-74(15-7)32-22-14-6)60-90(132-112)58-96-104(84(68-124)69-125)92-54-80(64-120)82(66-122)56-94(92)108(96)128)134-110(98)114-106(118)116-117(136-114)107-115(137-116)111-99(119(107,88-50-42-78(43-51-88)36-30-25-19-11-3)89-52-44-79(45-53-89)37-31-26-20-12-4)63-103(135-111)113-101(131-73-75(16-8)33-27-21-13-5)61-91(133-113)59-97-105(85(70-126)71-127)93-55-81(65-121)83(67-123)57-95(93)109(97)129/h38-63,74-75H,9-37,72-73H2,1-8H3/b96-58-,97-59-. The van der Waals surface area contributed by atoms with Crippen molar-refractivity contribution >= 4 is 112 Å². The molecule has 0 bridgehead atoms. The first-order valence-corrected chi connectivity index (χ1v) is 54.4. The molecule has 4 aliphatic carbocycles. The fourth-order valence-corrected chi connectivity index (χ4v) is 28.9. The zero-order valence-corrected chi connectivity index (χ0v) is 84.6. The van der Waals surface area contributed by atoms with E-state index >= 15 is 9.59 Å². The van der Waals surface area contributed by atoms with Crippen molar-refractivity contribution in [2.75, 3.05) is 13.2 Å². The Hall–Kier alpha value is -12.4. The topological polar surface area (TPSA) is 243 Å². The maximum Gasteiger partial charge on any atom is 0.194 e. The number of Topliss-reactive ketones (excluding diaryl/α,β-unsaturated/α-hetero) is 2. The van der Waals surface area contributed by atoms with Crippen molar-refractivity contribution in [1.29, 1.82) is 42.1 Å². The minimum Gasteiger partial charge on any atom is -0.492 e. The highest BCUT2D eigenvalue weighted by Crippen LogP contribution is 2.72. The highest BCUT2D eigenvalue weighted by molar-refractivity contribution is 7.35. The number of unbranched alkanes of at least 4 members (excludes halogenated alkanes) is 15. The zero-order valence-electron chi connectivity index (χ0n) is 79.7. The van der Waals surface area contributed by atoms with Crippen LogP contribution < -0.4 is 9.47 Å². The van der Waals surface area contributed by atoms with Gasteiger partial charge in [-0.15, -0.1) is 68.0 Å². The van der Waals surface area contributed by atoms with Crippen LogP contribution in [0, 0.1) is 102 Å². The molecule has 0 amide bonds. The summed E-state index contributed by atoms with van der Waals surface area (Å²) in [7, 11) is 0. The van der Waals surface area contributed by atoms with Gasteiger partial charge < -0.3 is 9.47 Å². The molecule has 0 spiro atoms. The second-order valence-electron chi connectivity index (χ2n) is 37.1. The lowest BCUT2D eigenvalue weighted by molar-refractivity contribution is 0.103. The van der Waals surface area contributed by atoms with E-state index in [-0.39, 0.29) is 89.8 Å². The van der Waals surface area contributed by atoms with Gasteiger partial charge in [-0.3, -0.25) is 9.59 Å². The molecule has 12 aromatic rings. The molecule has 690 valence electrons. The van der Waals surface area contributed by atoms with E-state index in [1.807, 2.05) is 34.8 Å². The molecule has 4 aliphatic rings. The molecule has 6 aromatic heterocycles. The number of hydrogen-bond donors (Lipinski definition) is 0. The maximum atomic E-state index is 15.1. The first kappa shape index (κ1) is 97.7. The van der Waals surface area contributed by atoms with Crippen LogP contribution in [-0.2, 0) is 36.5 Å². The number of benzene rings is 6. The van der Waals surface area contributed by atoms with E-state index in [0.29, 0.717) is 34.5 Å². The van der Waals surface area contributed by atoms with Crippen LogP contribution in [0.15, 0.2) is 168 Å². The molecule has 16 rings (SSSR count).